The van der Waals surface area contributed by atoms with Crippen LogP contribution < -0.4 is 19.5 Å². The summed E-state index contributed by atoms with van der Waals surface area (Å²) >= 11 is 0. The SMILES string of the molecule is CCCc1ccc(OCCNC(=O)[C@@H](C)Oc2ccccc2OC)cc1. The van der Waals surface area contributed by atoms with Crippen LogP contribution in [0.25, 0.3) is 0 Å². The Hall–Kier alpha value is -2.69. The molecule has 0 saturated carbocycles. The van der Waals surface area contributed by atoms with Crippen LogP contribution in [0.1, 0.15) is 25.8 Å². The minimum Gasteiger partial charge on any atom is -0.493 e. The highest BCUT2D eigenvalue weighted by Crippen LogP contribution is 2.26. The second-order valence-electron chi connectivity index (χ2n) is 5.94. The van der Waals surface area contributed by atoms with Crippen molar-refractivity contribution in [1.29, 1.82) is 0 Å². The first-order chi connectivity index (χ1) is 12.6. The first-order valence-corrected chi connectivity index (χ1v) is 8.93. The summed E-state index contributed by atoms with van der Waals surface area (Å²) in [5.74, 6) is 1.75. The van der Waals surface area contributed by atoms with E-state index in [-0.39, 0.29) is 5.91 Å². The van der Waals surface area contributed by atoms with Gasteiger partial charge >= 0.3 is 0 Å². The van der Waals surface area contributed by atoms with E-state index >= 15 is 0 Å². The highest BCUT2D eigenvalue weighted by molar-refractivity contribution is 5.80. The van der Waals surface area contributed by atoms with E-state index in [0.29, 0.717) is 24.7 Å². The van der Waals surface area contributed by atoms with Crippen LogP contribution in [0.2, 0.25) is 0 Å². The number of hydrogen-bond donors (Lipinski definition) is 1. The summed E-state index contributed by atoms with van der Waals surface area (Å²) in [6.07, 6.45) is 1.57. The molecule has 2 aromatic carbocycles. The van der Waals surface area contributed by atoms with Gasteiger partial charge < -0.3 is 19.5 Å². The third-order valence-corrected chi connectivity index (χ3v) is 3.87. The molecule has 2 aromatic rings. The quantitative estimate of drug-likeness (QED) is 0.660. The minimum absolute atomic E-state index is 0.196. The van der Waals surface area contributed by atoms with Crippen LogP contribution in [-0.2, 0) is 11.2 Å². The van der Waals surface area contributed by atoms with E-state index in [0.717, 1.165) is 18.6 Å². The number of hydrogen-bond acceptors (Lipinski definition) is 4. The third-order valence-electron chi connectivity index (χ3n) is 3.87. The molecule has 0 spiro atoms. The number of para-hydroxylation sites is 2. The van der Waals surface area contributed by atoms with Crippen LogP contribution in [0.15, 0.2) is 48.5 Å². The van der Waals surface area contributed by atoms with Gasteiger partial charge in [-0.15, -0.1) is 0 Å². The number of methoxy groups -OCH3 is 1. The summed E-state index contributed by atoms with van der Waals surface area (Å²) in [5.41, 5.74) is 1.30. The van der Waals surface area contributed by atoms with Gasteiger partial charge in [0.05, 0.1) is 13.7 Å². The fourth-order valence-electron chi connectivity index (χ4n) is 2.49. The predicted molar refractivity (Wildman–Crippen MR) is 102 cm³/mol. The van der Waals surface area contributed by atoms with Crippen LogP contribution in [-0.4, -0.2) is 32.3 Å². The van der Waals surface area contributed by atoms with Crippen molar-refractivity contribution in [2.45, 2.75) is 32.8 Å². The van der Waals surface area contributed by atoms with E-state index < -0.39 is 6.10 Å². The Labute approximate surface area is 155 Å². The molecule has 26 heavy (non-hydrogen) atoms. The molecule has 0 fully saturated rings. The zero-order valence-corrected chi connectivity index (χ0v) is 15.7. The Morgan fingerprint density at radius 2 is 1.77 bits per heavy atom. The molecule has 1 amide bonds. The lowest BCUT2D eigenvalue weighted by Crippen LogP contribution is -2.38. The second-order valence-corrected chi connectivity index (χ2v) is 5.94. The molecule has 0 aliphatic rings. The van der Waals surface area contributed by atoms with Crippen molar-refractivity contribution >= 4 is 5.91 Å². The molecule has 1 atom stereocenters. The minimum atomic E-state index is -0.625. The summed E-state index contributed by atoms with van der Waals surface area (Å²) in [7, 11) is 1.57. The molecule has 5 heteroatoms. The predicted octanol–water partition coefficient (Wildman–Crippen LogP) is 3.61. The van der Waals surface area contributed by atoms with Crippen molar-refractivity contribution in [2.24, 2.45) is 0 Å². The summed E-state index contributed by atoms with van der Waals surface area (Å²) in [5, 5.41) is 2.81. The van der Waals surface area contributed by atoms with Crippen molar-refractivity contribution in [2.75, 3.05) is 20.3 Å². The van der Waals surface area contributed by atoms with Crippen LogP contribution in [0.3, 0.4) is 0 Å². The van der Waals surface area contributed by atoms with Gasteiger partial charge in [0.15, 0.2) is 17.6 Å². The molecule has 140 valence electrons. The van der Waals surface area contributed by atoms with E-state index in [4.69, 9.17) is 14.2 Å². The fourth-order valence-corrected chi connectivity index (χ4v) is 2.49. The highest BCUT2D eigenvalue weighted by Gasteiger charge is 2.16. The smallest absolute Gasteiger partial charge is 0.260 e. The van der Waals surface area contributed by atoms with Crippen molar-refractivity contribution in [3.63, 3.8) is 0 Å². The number of ether oxygens (including phenoxy) is 3. The summed E-state index contributed by atoms with van der Waals surface area (Å²) in [4.78, 5) is 12.1. The number of carbonyl (C=O) groups excluding carboxylic acids is 1. The molecule has 0 heterocycles. The molecule has 5 nitrogen and oxygen atoms in total. The van der Waals surface area contributed by atoms with E-state index in [1.54, 1.807) is 26.2 Å². The molecule has 0 saturated heterocycles. The zero-order valence-electron chi connectivity index (χ0n) is 15.7. The van der Waals surface area contributed by atoms with Crippen LogP contribution in [0.5, 0.6) is 17.2 Å². The first-order valence-electron chi connectivity index (χ1n) is 8.93. The van der Waals surface area contributed by atoms with Crippen molar-refractivity contribution in [3.8, 4) is 17.2 Å². The number of nitrogens with one attached hydrogen (secondary N) is 1. The maximum atomic E-state index is 12.1. The lowest BCUT2D eigenvalue weighted by molar-refractivity contribution is -0.127. The van der Waals surface area contributed by atoms with Gasteiger partial charge in [0.1, 0.15) is 12.4 Å². The van der Waals surface area contributed by atoms with Gasteiger partial charge in [-0.25, -0.2) is 0 Å². The van der Waals surface area contributed by atoms with Crippen molar-refractivity contribution in [1.82, 2.24) is 5.32 Å². The molecule has 1 N–H and O–H groups in total. The van der Waals surface area contributed by atoms with Gasteiger partial charge in [-0.2, -0.15) is 0 Å². The summed E-state index contributed by atoms with van der Waals surface area (Å²) in [6.45, 7) is 4.68. The topological polar surface area (TPSA) is 56.8 Å². The first kappa shape index (κ1) is 19.6. The Morgan fingerprint density at radius 3 is 2.42 bits per heavy atom. The van der Waals surface area contributed by atoms with Gasteiger partial charge in [-0.3, -0.25) is 4.79 Å². The third kappa shape index (κ3) is 5.99. The lowest BCUT2D eigenvalue weighted by Gasteiger charge is -2.16. The second kappa shape index (κ2) is 10.3. The Bertz CT molecular complexity index is 685. The van der Waals surface area contributed by atoms with Gasteiger partial charge in [-0.05, 0) is 43.2 Å². The van der Waals surface area contributed by atoms with E-state index in [2.05, 4.69) is 24.4 Å². The fraction of sp³-hybridized carbons (Fsp3) is 0.381. The van der Waals surface area contributed by atoms with E-state index in [1.807, 2.05) is 24.3 Å². The van der Waals surface area contributed by atoms with E-state index in [1.165, 1.54) is 5.56 Å². The normalized spacial score (nSPS) is 11.5. The van der Waals surface area contributed by atoms with Gasteiger partial charge in [0, 0.05) is 0 Å². The van der Waals surface area contributed by atoms with Crippen molar-refractivity contribution < 1.29 is 19.0 Å². The van der Waals surface area contributed by atoms with Crippen LogP contribution in [0, 0.1) is 0 Å². The largest absolute Gasteiger partial charge is 0.493 e. The molecular formula is C21H27NO4. The Morgan fingerprint density at radius 1 is 1.08 bits per heavy atom. The number of aryl methyl sites for hydroxylation is 1. The molecule has 0 radical (unpaired) electrons. The molecule has 0 unspecified atom stereocenters. The van der Waals surface area contributed by atoms with Gasteiger partial charge in [0.2, 0.25) is 0 Å². The highest BCUT2D eigenvalue weighted by atomic mass is 16.5. The van der Waals surface area contributed by atoms with Gasteiger partial charge in [-0.1, -0.05) is 37.6 Å². The molecule has 0 aliphatic heterocycles. The molecule has 0 aliphatic carbocycles. The van der Waals surface area contributed by atoms with E-state index in [9.17, 15) is 4.79 Å². The molecule has 0 aromatic heterocycles. The standard InChI is InChI=1S/C21H27NO4/c1-4-7-17-10-12-18(13-11-17)25-15-14-22-21(23)16(2)26-20-9-6-5-8-19(20)24-3/h5-6,8-13,16H,4,7,14-15H2,1-3H3,(H,22,23)/t16-/m1/s1. The summed E-state index contributed by atoms with van der Waals surface area (Å²) in [6, 6.07) is 15.3. The Balaban J connectivity index is 1.72. The average Bonchev–Trinajstić information content (AvgIpc) is 2.67. The maximum absolute atomic E-state index is 12.1. The molecule has 2 rings (SSSR count). The van der Waals surface area contributed by atoms with Crippen LogP contribution >= 0.6 is 0 Å². The van der Waals surface area contributed by atoms with Crippen molar-refractivity contribution in [3.05, 3.63) is 54.1 Å². The zero-order chi connectivity index (χ0) is 18.8. The number of rotatable bonds is 10. The number of carbonyl (C=O) groups is 1. The lowest BCUT2D eigenvalue weighted by atomic mass is 10.1. The van der Waals surface area contributed by atoms with Gasteiger partial charge in [0.25, 0.3) is 5.91 Å². The average molecular weight is 357 g/mol. The Kier molecular flexibility index (Phi) is 7.80. The molecule has 0 bridgehead atoms. The number of amides is 1. The number of benzene rings is 2. The monoisotopic (exact) mass is 357 g/mol. The maximum Gasteiger partial charge on any atom is 0.260 e. The van der Waals surface area contributed by atoms with Crippen LogP contribution in [0.4, 0.5) is 0 Å². The molecular weight excluding hydrogens is 330 g/mol. The summed E-state index contributed by atoms with van der Waals surface area (Å²) < 4.78 is 16.5.